The Bertz CT molecular complexity index is 489. The van der Waals surface area contributed by atoms with Crippen molar-refractivity contribution in [3.05, 3.63) is 59.9 Å². The summed E-state index contributed by atoms with van der Waals surface area (Å²) in [6.07, 6.45) is 4.17. The SMILES string of the molecule is CC(C)(C)c1cccc(C=O)c1O.c1ccncc1. The largest absolute Gasteiger partial charge is 0.507 e. The maximum atomic E-state index is 10.5. The molecule has 2 aromatic rings. The lowest BCUT2D eigenvalue weighted by atomic mass is 9.85. The Labute approximate surface area is 113 Å². The summed E-state index contributed by atoms with van der Waals surface area (Å²) >= 11 is 0. The van der Waals surface area contributed by atoms with Gasteiger partial charge in [-0.15, -0.1) is 0 Å². The molecule has 100 valence electrons. The number of aromatic nitrogens is 1. The van der Waals surface area contributed by atoms with Crippen LogP contribution in [-0.4, -0.2) is 16.4 Å². The van der Waals surface area contributed by atoms with Crippen molar-refractivity contribution < 1.29 is 9.90 Å². The number of hydrogen-bond acceptors (Lipinski definition) is 3. The van der Waals surface area contributed by atoms with E-state index in [1.807, 2.05) is 45.0 Å². The second-order valence-corrected chi connectivity index (χ2v) is 5.14. The highest BCUT2D eigenvalue weighted by Crippen LogP contribution is 2.32. The van der Waals surface area contributed by atoms with Gasteiger partial charge in [-0.25, -0.2) is 0 Å². The number of hydrogen-bond donors (Lipinski definition) is 1. The summed E-state index contributed by atoms with van der Waals surface area (Å²) in [7, 11) is 0. The summed E-state index contributed by atoms with van der Waals surface area (Å²) in [6, 6.07) is 10.9. The zero-order chi connectivity index (χ0) is 14.3. The fourth-order valence-corrected chi connectivity index (χ4v) is 1.57. The van der Waals surface area contributed by atoms with Crippen LogP contribution in [0.2, 0.25) is 0 Å². The molecule has 0 saturated heterocycles. The molecular weight excluding hydrogens is 238 g/mol. The van der Waals surface area contributed by atoms with Crippen molar-refractivity contribution >= 4 is 6.29 Å². The van der Waals surface area contributed by atoms with E-state index >= 15 is 0 Å². The fraction of sp³-hybridized carbons (Fsp3) is 0.250. The first-order chi connectivity index (χ1) is 8.96. The lowest BCUT2D eigenvalue weighted by Gasteiger charge is -2.20. The van der Waals surface area contributed by atoms with Crippen molar-refractivity contribution in [3.63, 3.8) is 0 Å². The van der Waals surface area contributed by atoms with E-state index < -0.39 is 0 Å². The first-order valence-corrected chi connectivity index (χ1v) is 6.09. The van der Waals surface area contributed by atoms with Gasteiger partial charge < -0.3 is 5.11 Å². The molecule has 3 heteroatoms. The minimum absolute atomic E-state index is 0.102. The van der Waals surface area contributed by atoms with E-state index in [1.165, 1.54) is 0 Å². The zero-order valence-electron chi connectivity index (χ0n) is 11.5. The van der Waals surface area contributed by atoms with E-state index in [2.05, 4.69) is 4.98 Å². The number of carbonyl (C=O) groups is 1. The van der Waals surface area contributed by atoms with Crippen molar-refractivity contribution in [2.75, 3.05) is 0 Å². The lowest BCUT2D eigenvalue weighted by molar-refractivity contribution is 0.112. The summed E-state index contributed by atoms with van der Waals surface area (Å²) < 4.78 is 0. The summed E-state index contributed by atoms with van der Waals surface area (Å²) in [5.74, 6) is 0.102. The number of carbonyl (C=O) groups excluding carboxylic acids is 1. The van der Waals surface area contributed by atoms with Gasteiger partial charge in [0.1, 0.15) is 5.75 Å². The molecular formula is C16H19NO2. The van der Waals surface area contributed by atoms with Crippen molar-refractivity contribution in [1.29, 1.82) is 0 Å². The number of para-hydroxylation sites is 1. The molecule has 1 aromatic carbocycles. The molecule has 0 unspecified atom stereocenters. The highest BCUT2D eigenvalue weighted by atomic mass is 16.3. The molecule has 3 nitrogen and oxygen atoms in total. The van der Waals surface area contributed by atoms with E-state index in [-0.39, 0.29) is 11.2 Å². The topological polar surface area (TPSA) is 50.2 Å². The van der Waals surface area contributed by atoms with Crippen LogP contribution in [0.15, 0.2) is 48.8 Å². The van der Waals surface area contributed by atoms with Crippen LogP contribution in [0.5, 0.6) is 5.75 Å². The van der Waals surface area contributed by atoms with Crippen LogP contribution in [0, 0.1) is 0 Å². The molecule has 1 aromatic heterocycles. The Hall–Kier alpha value is -2.16. The third-order valence-electron chi connectivity index (χ3n) is 2.57. The minimum atomic E-state index is -0.136. The summed E-state index contributed by atoms with van der Waals surface area (Å²) in [5.41, 5.74) is 1.02. The molecule has 1 heterocycles. The molecule has 0 aliphatic heterocycles. The van der Waals surface area contributed by atoms with Gasteiger partial charge in [-0.1, -0.05) is 39.0 Å². The molecule has 1 N–H and O–H groups in total. The average Bonchev–Trinajstić information content (AvgIpc) is 2.40. The van der Waals surface area contributed by atoms with Gasteiger partial charge in [-0.05, 0) is 29.2 Å². The maximum absolute atomic E-state index is 10.5. The van der Waals surface area contributed by atoms with Crippen LogP contribution < -0.4 is 0 Å². The molecule has 0 atom stereocenters. The smallest absolute Gasteiger partial charge is 0.153 e. The molecule has 0 bridgehead atoms. The number of nitrogens with zero attached hydrogens (tertiary/aromatic N) is 1. The molecule has 2 rings (SSSR count). The van der Waals surface area contributed by atoms with Crippen molar-refractivity contribution in [3.8, 4) is 5.75 Å². The molecule has 0 radical (unpaired) electrons. The predicted molar refractivity (Wildman–Crippen MR) is 76.4 cm³/mol. The normalized spacial score (nSPS) is 10.3. The van der Waals surface area contributed by atoms with Gasteiger partial charge >= 0.3 is 0 Å². The van der Waals surface area contributed by atoms with Crippen molar-refractivity contribution in [2.24, 2.45) is 0 Å². The number of phenolic OH excluding ortho intramolecular Hbond substituents is 1. The maximum Gasteiger partial charge on any atom is 0.153 e. The molecule has 0 spiro atoms. The van der Waals surface area contributed by atoms with Crippen LogP contribution in [0.4, 0.5) is 0 Å². The van der Waals surface area contributed by atoms with Gasteiger partial charge in [-0.2, -0.15) is 0 Å². The lowest BCUT2D eigenvalue weighted by Crippen LogP contribution is -2.11. The van der Waals surface area contributed by atoms with Crippen molar-refractivity contribution in [2.45, 2.75) is 26.2 Å². The Balaban J connectivity index is 0.000000250. The van der Waals surface area contributed by atoms with Gasteiger partial charge in [-0.3, -0.25) is 9.78 Å². The number of pyridine rings is 1. The van der Waals surface area contributed by atoms with Gasteiger partial charge in [0, 0.05) is 12.4 Å². The fourth-order valence-electron chi connectivity index (χ4n) is 1.57. The molecule has 0 saturated carbocycles. The molecule has 0 fully saturated rings. The third-order valence-corrected chi connectivity index (χ3v) is 2.57. The van der Waals surface area contributed by atoms with Gasteiger partial charge in [0.15, 0.2) is 6.29 Å². The van der Waals surface area contributed by atoms with E-state index in [0.29, 0.717) is 11.8 Å². The number of benzene rings is 1. The van der Waals surface area contributed by atoms with Crippen LogP contribution >= 0.6 is 0 Å². The summed E-state index contributed by atoms with van der Waals surface area (Å²) in [4.78, 5) is 14.3. The van der Waals surface area contributed by atoms with E-state index in [1.54, 1.807) is 24.5 Å². The molecule has 19 heavy (non-hydrogen) atoms. The highest BCUT2D eigenvalue weighted by Gasteiger charge is 2.19. The highest BCUT2D eigenvalue weighted by molar-refractivity contribution is 5.80. The standard InChI is InChI=1S/C11H14O2.C5H5N/c1-11(2,3)9-6-4-5-8(7-12)10(9)13;1-2-4-6-5-3-1/h4-7,13H,1-3H3;1-5H. The molecule has 0 aliphatic carbocycles. The predicted octanol–water partition coefficient (Wildman–Crippen LogP) is 3.58. The Morgan fingerprint density at radius 1 is 1.05 bits per heavy atom. The van der Waals surface area contributed by atoms with Crippen LogP contribution in [0.1, 0.15) is 36.7 Å². The number of phenols is 1. The summed E-state index contributed by atoms with van der Waals surface area (Å²) in [6.45, 7) is 5.99. The number of aldehydes is 1. The second-order valence-electron chi connectivity index (χ2n) is 5.14. The van der Waals surface area contributed by atoms with Crippen LogP contribution in [0.3, 0.4) is 0 Å². The Kier molecular flexibility index (Phi) is 5.24. The van der Waals surface area contributed by atoms with E-state index in [9.17, 15) is 9.90 Å². The average molecular weight is 257 g/mol. The summed E-state index contributed by atoms with van der Waals surface area (Å²) in [5, 5.41) is 9.69. The molecule has 0 amide bonds. The zero-order valence-corrected chi connectivity index (χ0v) is 11.5. The Morgan fingerprint density at radius 3 is 2.05 bits per heavy atom. The van der Waals surface area contributed by atoms with Gasteiger partial charge in [0.05, 0.1) is 5.56 Å². The monoisotopic (exact) mass is 257 g/mol. The quantitative estimate of drug-likeness (QED) is 0.794. The number of aromatic hydroxyl groups is 1. The minimum Gasteiger partial charge on any atom is -0.507 e. The third kappa shape index (κ3) is 4.54. The second kappa shape index (κ2) is 6.69. The van der Waals surface area contributed by atoms with Crippen molar-refractivity contribution in [1.82, 2.24) is 4.98 Å². The number of rotatable bonds is 1. The van der Waals surface area contributed by atoms with Crippen LogP contribution in [0.25, 0.3) is 0 Å². The first-order valence-electron chi connectivity index (χ1n) is 6.09. The van der Waals surface area contributed by atoms with E-state index in [0.717, 1.165) is 5.56 Å². The van der Waals surface area contributed by atoms with E-state index in [4.69, 9.17) is 0 Å². The molecule has 0 aliphatic rings. The Morgan fingerprint density at radius 2 is 1.68 bits per heavy atom. The van der Waals surface area contributed by atoms with Gasteiger partial charge in [0.2, 0.25) is 0 Å². The van der Waals surface area contributed by atoms with Crippen LogP contribution in [-0.2, 0) is 5.41 Å². The first kappa shape index (κ1) is 14.9. The van der Waals surface area contributed by atoms with Gasteiger partial charge in [0.25, 0.3) is 0 Å².